The molecule has 1 heterocycles. The molecule has 1 aliphatic heterocycles. The molecule has 1 saturated heterocycles. The smallest absolute Gasteiger partial charge is 0.191 e. The van der Waals surface area contributed by atoms with Gasteiger partial charge in [-0.25, -0.2) is 4.99 Å². The molecule has 2 N–H and O–H groups in total. The number of rotatable bonds is 7. The van der Waals surface area contributed by atoms with Crippen molar-refractivity contribution in [2.24, 2.45) is 10.9 Å². The lowest BCUT2D eigenvalue weighted by Gasteiger charge is -2.21. The standard InChI is InChI=1S/C19H32N4/c1-4-20-19(22-14-18-9-7-8-16(2)12-18)21-13-17(3)15-23-10-5-6-11-23/h7-9,12,17H,4-6,10-11,13-15H2,1-3H3,(H2,20,21,22). The number of guanidine groups is 1. The lowest BCUT2D eigenvalue weighted by molar-refractivity contribution is 0.287. The quantitative estimate of drug-likeness (QED) is 0.600. The summed E-state index contributed by atoms with van der Waals surface area (Å²) in [6, 6.07) is 8.55. The second-order valence-electron chi connectivity index (χ2n) is 6.68. The first-order valence-electron chi connectivity index (χ1n) is 8.97. The Labute approximate surface area is 141 Å². The highest BCUT2D eigenvalue weighted by atomic mass is 15.2. The third-order valence-corrected chi connectivity index (χ3v) is 4.23. The summed E-state index contributed by atoms with van der Waals surface area (Å²) < 4.78 is 0. The van der Waals surface area contributed by atoms with Gasteiger partial charge in [0, 0.05) is 19.6 Å². The zero-order chi connectivity index (χ0) is 16.5. The van der Waals surface area contributed by atoms with Crippen molar-refractivity contribution in [3.8, 4) is 0 Å². The largest absolute Gasteiger partial charge is 0.357 e. The van der Waals surface area contributed by atoms with Crippen molar-refractivity contribution in [1.82, 2.24) is 15.5 Å². The molecule has 1 atom stereocenters. The highest BCUT2D eigenvalue weighted by Gasteiger charge is 2.14. The van der Waals surface area contributed by atoms with Crippen molar-refractivity contribution in [3.63, 3.8) is 0 Å². The molecule has 23 heavy (non-hydrogen) atoms. The number of likely N-dealkylation sites (tertiary alicyclic amines) is 1. The van der Waals surface area contributed by atoms with Gasteiger partial charge in [0.2, 0.25) is 0 Å². The van der Waals surface area contributed by atoms with Gasteiger partial charge in [0.15, 0.2) is 5.96 Å². The maximum absolute atomic E-state index is 4.71. The number of nitrogens with one attached hydrogen (secondary N) is 2. The summed E-state index contributed by atoms with van der Waals surface area (Å²) in [4.78, 5) is 7.28. The van der Waals surface area contributed by atoms with Crippen LogP contribution in [0.3, 0.4) is 0 Å². The van der Waals surface area contributed by atoms with Crippen molar-refractivity contribution in [1.29, 1.82) is 0 Å². The fraction of sp³-hybridized carbons (Fsp3) is 0.632. The van der Waals surface area contributed by atoms with Gasteiger partial charge < -0.3 is 15.5 Å². The summed E-state index contributed by atoms with van der Waals surface area (Å²) in [7, 11) is 0. The average Bonchev–Trinajstić information content (AvgIpc) is 3.03. The molecule has 0 spiro atoms. The lowest BCUT2D eigenvalue weighted by Crippen LogP contribution is -2.41. The van der Waals surface area contributed by atoms with Crippen LogP contribution < -0.4 is 10.6 Å². The van der Waals surface area contributed by atoms with E-state index in [1.807, 2.05) is 0 Å². The minimum absolute atomic E-state index is 0.635. The Morgan fingerprint density at radius 2 is 2.04 bits per heavy atom. The van der Waals surface area contributed by atoms with Gasteiger partial charge in [-0.15, -0.1) is 0 Å². The minimum atomic E-state index is 0.635. The second kappa shape index (κ2) is 9.56. The molecule has 4 heteroatoms. The van der Waals surface area contributed by atoms with Crippen LogP contribution in [-0.2, 0) is 6.54 Å². The topological polar surface area (TPSA) is 39.7 Å². The van der Waals surface area contributed by atoms with Crippen LogP contribution in [0.5, 0.6) is 0 Å². The number of hydrogen-bond acceptors (Lipinski definition) is 2. The first-order chi connectivity index (χ1) is 11.2. The normalized spacial score (nSPS) is 17.3. The van der Waals surface area contributed by atoms with Crippen molar-refractivity contribution in [2.45, 2.75) is 40.2 Å². The Morgan fingerprint density at radius 3 is 2.74 bits per heavy atom. The SMILES string of the molecule is CCNC(=NCc1cccc(C)c1)NCC(C)CN1CCCC1. The van der Waals surface area contributed by atoms with E-state index in [4.69, 9.17) is 4.99 Å². The van der Waals surface area contributed by atoms with Gasteiger partial charge in [-0.1, -0.05) is 36.8 Å². The molecule has 0 amide bonds. The Bertz CT molecular complexity index is 492. The van der Waals surface area contributed by atoms with Crippen LogP contribution >= 0.6 is 0 Å². The molecule has 0 saturated carbocycles. The molecule has 1 aromatic rings. The number of benzene rings is 1. The van der Waals surface area contributed by atoms with Crippen LogP contribution in [0.4, 0.5) is 0 Å². The summed E-state index contributed by atoms with van der Waals surface area (Å²) in [5, 5.41) is 6.83. The first kappa shape index (κ1) is 17.8. The predicted molar refractivity (Wildman–Crippen MR) is 98.8 cm³/mol. The Kier molecular flexibility index (Phi) is 7.40. The third kappa shape index (κ3) is 6.61. The molecule has 0 aromatic heterocycles. The van der Waals surface area contributed by atoms with Gasteiger partial charge in [-0.3, -0.25) is 0 Å². The third-order valence-electron chi connectivity index (χ3n) is 4.23. The summed E-state index contributed by atoms with van der Waals surface area (Å²) in [6.45, 7) is 12.8. The van der Waals surface area contributed by atoms with Crippen molar-refractivity contribution in [3.05, 3.63) is 35.4 Å². The van der Waals surface area contributed by atoms with Crippen LogP contribution in [0.15, 0.2) is 29.3 Å². The molecule has 1 aromatic carbocycles. The number of aliphatic imine (C=N–C) groups is 1. The van der Waals surface area contributed by atoms with Gasteiger partial charge in [0.1, 0.15) is 0 Å². The maximum Gasteiger partial charge on any atom is 0.191 e. The zero-order valence-electron chi connectivity index (χ0n) is 14.9. The molecule has 0 aliphatic carbocycles. The molecule has 2 rings (SSSR count). The van der Waals surface area contributed by atoms with Crippen LogP contribution in [0.25, 0.3) is 0 Å². The van der Waals surface area contributed by atoms with Crippen molar-refractivity contribution >= 4 is 5.96 Å². The number of aryl methyl sites for hydroxylation is 1. The molecule has 128 valence electrons. The van der Waals surface area contributed by atoms with Crippen LogP contribution in [-0.4, -0.2) is 43.6 Å². The highest BCUT2D eigenvalue weighted by Crippen LogP contribution is 2.09. The lowest BCUT2D eigenvalue weighted by atomic mass is 10.1. The monoisotopic (exact) mass is 316 g/mol. The van der Waals surface area contributed by atoms with E-state index in [1.54, 1.807) is 0 Å². The summed E-state index contributed by atoms with van der Waals surface area (Å²) in [5.74, 6) is 1.55. The van der Waals surface area contributed by atoms with Crippen molar-refractivity contribution < 1.29 is 0 Å². The Hall–Kier alpha value is -1.55. The Balaban J connectivity index is 1.81. The van der Waals surface area contributed by atoms with Gasteiger partial charge in [-0.2, -0.15) is 0 Å². The minimum Gasteiger partial charge on any atom is -0.357 e. The van der Waals surface area contributed by atoms with E-state index in [9.17, 15) is 0 Å². The van der Waals surface area contributed by atoms with Crippen molar-refractivity contribution in [2.75, 3.05) is 32.7 Å². The summed E-state index contributed by atoms with van der Waals surface area (Å²) >= 11 is 0. The van der Waals surface area contributed by atoms with Crippen LogP contribution in [0.2, 0.25) is 0 Å². The molecular formula is C19H32N4. The maximum atomic E-state index is 4.71. The van der Waals surface area contributed by atoms with E-state index in [2.05, 4.69) is 60.6 Å². The molecular weight excluding hydrogens is 284 g/mol. The molecule has 1 unspecified atom stereocenters. The zero-order valence-corrected chi connectivity index (χ0v) is 14.9. The second-order valence-corrected chi connectivity index (χ2v) is 6.68. The van der Waals surface area contributed by atoms with E-state index < -0.39 is 0 Å². The molecule has 0 radical (unpaired) electrons. The fourth-order valence-electron chi connectivity index (χ4n) is 3.06. The summed E-state index contributed by atoms with van der Waals surface area (Å²) in [5.41, 5.74) is 2.54. The molecule has 4 nitrogen and oxygen atoms in total. The van der Waals surface area contributed by atoms with Crippen LogP contribution in [0, 0.1) is 12.8 Å². The number of nitrogens with zero attached hydrogens (tertiary/aromatic N) is 2. The summed E-state index contributed by atoms with van der Waals surface area (Å²) in [6.07, 6.45) is 2.72. The number of hydrogen-bond donors (Lipinski definition) is 2. The van der Waals surface area contributed by atoms with Gasteiger partial charge in [-0.05, 0) is 51.3 Å². The van der Waals surface area contributed by atoms with Crippen LogP contribution in [0.1, 0.15) is 37.8 Å². The first-order valence-corrected chi connectivity index (χ1v) is 8.97. The van der Waals surface area contributed by atoms with E-state index in [1.165, 1.54) is 43.6 Å². The molecule has 1 fully saturated rings. The van der Waals surface area contributed by atoms with Gasteiger partial charge in [0.25, 0.3) is 0 Å². The predicted octanol–water partition coefficient (Wildman–Crippen LogP) is 2.78. The van der Waals surface area contributed by atoms with E-state index in [0.29, 0.717) is 5.92 Å². The van der Waals surface area contributed by atoms with Gasteiger partial charge >= 0.3 is 0 Å². The average molecular weight is 316 g/mol. The Morgan fingerprint density at radius 1 is 1.26 bits per heavy atom. The fourth-order valence-corrected chi connectivity index (χ4v) is 3.06. The van der Waals surface area contributed by atoms with E-state index in [0.717, 1.165) is 25.6 Å². The van der Waals surface area contributed by atoms with Gasteiger partial charge in [0.05, 0.1) is 6.54 Å². The molecule has 1 aliphatic rings. The van der Waals surface area contributed by atoms with E-state index >= 15 is 0 Å². The highest BCUT2D eigenvalue weighted by molar-refractivity contribution is 5.79. The molecule has 0 bridgehead atoms. The van der Waals surface area contributed by atoms with E-state index in [-0.39, 0.29) is 0 Å².